The maximum Gasteiger partial charge on any atom is 0.243 e. The molecule has 154 valence electrons. The Morgan fingerprint density at radius 2 is 1.76 bits per heavy atom. The molecule has 4 N–H and O–H groups in total. The molecule has 29 heavy (non-hydrogen) atoms. The van der Waals surface area contributed by atoms with Crippen LogP contribution in [0.1, 0.15) is 36.0 Å². The van der Waals surface area contributed by atoms with Gasteiger partial charge in [0.05, 0.1) is 0 Å². The van der Waals surface area contributed by atoms with Crippen LogP contribution in [0.4, 0.5) is 0 Å². The van der Waals surface area contributed by atoms with Crippen LogP contribution in [0.2, 0.25) is 0 Å². The van der Waals surface area contributed by atoms with Crippen molar-refractivity contribution in [2.75, 3.05) is 6.54 Å². The molecule has 1 heterocycles. The van der Waals surface area contributed by atoms with Crippen LogP contribution in [0.5, 0.6) is 0 Å². The molecule has 1 aliphatic rings. The number of nitrogens with zero attached hydrogens (tertiary/aromatic N) is 1. The lowest BCUT2D eigenvalue weighted by Gasteiger charge is -2.24. The molecule has 0 bridgehead atoms. The van der Waals surface area contributed by atoms with Gasteiger partial charge in [0.15, 0.2) is 0 Å². The van der Waals surface area contributed by atoms with Crippen LogP contribution in [0.25, 0.3) is 0 Å². The second kappa shape index (κ2) is 10.6. The number of rotatable bonds is 7. The van der Waals surface area contributed by atoms with Crippen LogP contribution in [0.15, 0.2) is 54.6 Å². The van der Waals surface area contributed by atoms with E-state index in [4.69, 9.17) is 11.1 Å². The van der Waals surface area contributed by atoms with E-state index < -0.39 is 0 Å². The van der Waals surface area contributed by atoms with Crippen LogP contribution >= 0.6 is 12.4 Å². The molecule has 6 nitrogen and oxygen atoms in total. The summed E-state index contributed by atoms with van der Waals surface area (Å²) in [6, 6.07) is 16.7. The Hall–Kier alpha value is -2.86. The molecule has 7 heteroatoms. The summed E-state index contributed by atoms with van der Waals surface area (Å²) in [5.74, 6) is -0.0558. The summed E-state index contributed by atoms with van der Waals surface area (Å²) in [6.45, 7) is 1.03. The first-order valence-corrected chi connectivity index (χ1v) is 9.59. The quantitative estimate of drug-likeness (QED) is 0.479. The molecule has 2 amide bonds. The number of hydrogen-bond donors (Lipinski definition) is 3. The van der Waals surface area contributed by atoms with Crippen molar-refractivity contribution in [2.24, 2.45) is 5.73 Å². The van der Waals surface area contributed by atoms with Gasteiger partial charge in [-0.2, -0.15) is 0 Å². The maximum absolute atomic E-state index is 12.6. The number of carbonyl (C=O) groups is 2. The lowest BCUT2D eigenvalue weighted by Crippen LogP contribution is -2.45. The fraction of sp³-hybridized carbons (Fsp3) is 0.318. The Kier molecular flexibility index (Phi) is 8.21. The summed E-state index contributed by atoms with van der Waals surface area (Å²) in [5.41, 5.74) is 8.16. The average molecular weight is 415 g/mol. The van der Waals surface area contributed by atoms with Gasteiger partial charge in [0.25, 0.3) is 0 Å². The molecule has 1 saturated heterocycles. The number of nitrogens with two attached hydrogens (primary N) is 1. The molecule has 0 unspecified atom stereocenters. The predicted octanol–water partition coefficient (Wildman–Crippen LogP) is 2.63. The Morgan fingerprint density at radius 3 is 2.41 bits per heavy atom. The fourth-order valence-electron chi connectivity index (χ4n) is 3.49. The van der Waals surface area contributed by atoms with Gasteiger partial charge in [0, 0.05) is 25.1 Å². The highest BCUT2D eigenvalue weighted by molar-refractivity contribution is 5.94. The zero-order chi connectivity index (χ0) is 19.9. The van der Waals surface area contributed by atoms with Gasteiger partial charge in [-0.15, -0.1) is 12.4 Å². The lowest BCUT2D eigenvalue weighted by atomic mass is 10.1. The number of amidine groups is 1. The summed E-state index contributed by atoms with van der Waals surface area (Å²) in [4.78, 5) is 27.0. The van der Waals surface area contributed by atoms with E-state index >= 15 is 0 Å². The fourth-order valence-corrected chi connectivity index (χ4v) is 3.49. The van der Waals surface area contributed by atoms with E-state index in [1.807, 2.05) is 42.5 Å². The highest BCUT2D eigenvalue weighted by Gasteiger charge is 2.33. The summed E-state index contributed by atoms with van der Waals surface area (Å²) in [5, 5.41) is 10.3. The van der Waals surface area contributed by atoms with Gasteiger partial charge in [0.2, 0.25) is 11.8 Å². The molecule has 0 saturated carbocycles. The van der Waals surface area contributed by atoms with E-state index in [0.29, 0.717) is 37.9 Å². The van der Waals surface area contributed by atoms with Crippen LogP contribution in [-0.2, 0) is 22.6 Å². The van der Waals surface area contributed by atoms with E-state index in [9.17, 15) is 9.59 Å². The Balaban J connectivity index is 0.00000300. The van der Waals surface area contributed by atoms with E-state index in [2.05, 4.69) is 5.32 Å². The summed E-state index contributed by atoms with van der Waals surface area (Å²) in [7, 11) is 0. The smallest absolute Gasteiger partial charge is 0.243 e. The molecular weight excluding hydrogens is 388 g/mol. The molecule has 0 spiro atoms. The van der Waals surface area contributed by atoms with Crippen molar-refractivity contribution in [1.82, 2.24) is 10.2 Å². The number of amides is 2. The number of aryl methyl sites for hydroxylation is 1. The van der Waals surface area contributed by atoms with Gasteiger partial charge in [-0.05, 0) is 30.4 Å². The molecule has 0 aromatic heterocycles. The Labute approximate surface area is 177 Å². The van der Waals surface area contributed by atoms with Gasteiger partial charge in [-0.3, -0.25) is 15.0 Å². The second-order valence-corrected chi connectivity index (χ2v) is 7.06. The third kappa shape index (κ3) is 6.06. The van der Waals surface area contributed by atoms with E-state index in [-0.39, 0.29) is 36.1 Å². The standard InChI is InChI=1S/C22H26N4O2.ClH/c23-21(24)18-11-8-17(9-12-18)15-25-22(28)19-7-4-14-26(19)20(27)13-10-16-5-2-1-3-6-16;/h1-3,5-6,8-9,11-12,19H,4,7,10,13-15H2,(H3,23,24)(H,25,28);1H/t19-;/m0./s1. The van der Waals surface area contributed by atoms with E-state index in [0.717, 1.165) is 17.5 Å². The Morgan fingerprint density at radius 1 is 1.07 bits per heavy atom. The lowest BCUT2D eigenvalue weighted by molar-refractivity contribution is -0.138. The third-order valence-corrected chi connectivity index (χ3v) is 5.08. The van der Waals surface area contributed by atoms with Crippen molar-refractivity contribution in [3.8, 4) is 0 Å². The highest BCUT2D eigenvalue weighted by atomic mass is 35.5. The minimum absolute atomic E-state index is 0. The molecule has 0 aliphatic carbocycles. The zero-order valence-electron chi connectivity index (χ0n) is 16.3. The van der Waals surface area contributed by atoms with Crippen molar-refractivity contribution in [1.29, 1.82) is 5.41 Å². The number of nitrogen functional groups attached to an aromatic ring is 1. The molecule has 1 atom stereocenters. The third-order valence-electron chi connectivity index (χ3n) is 5.08. The molecule has 0 radical (unpaired) electrons. The van der Waals surface area contributed by atoms with E-state index in [1.165, 1.54) is 0 Å². The largest absolute Gasteiger partial charge is 0.384 e. The molecule has 2 aromatic carbocycles. The first-order chi connectivity index (χ1) is 13.5. The number of nitrogens with one attached hydrogen (secondary N) is 2. The van der Waals surface area contributed by atoms with E-state index in [1.54, 1.807) is 17.0 Å². The van der Waals surface area contributed by atoms with Crippen molar-refractivity contribution >= 4 is 30.1 Å². The first kappa shape index (κ1) is 22.4. The van der Waals surface area contributed by atoms with Crippen molar-refractivity contribution in [2.45, 2.75) is 38.3 Å². The van der Waals surface area contributed by atoms with Crippen molar-refractivity contribution < 1.29 is 9.59 Å². The topological polar surface area (TPSA) is 99.3 Å². The van der Waals surface area contributed by atoms with Gasteiger partial charge in [-0.25, -0.2) is 0 Å². The van der Waals surface area contributed by atoms with Gasteiger partial charge in [-0.1, -0.05) is 54.6 Å². The summed E-state index contributed by atoms with van der Waals surface area (Å²) in [6.07, 6.45) is 2.65. The Bertz CT molecular complexity index is 840. The minimum atomic E-state index is -0.389. The predicted molar refractivity (Wildman–Crippen MR) is 116 cm³/mol. The molecular formula is C22H27ClN4O2. The number of likely N-dealkylation sites (tertiary alicyclic amines) is 1. The first-order valence-electron chi connectivity index (χ1n) is 9.59. The molecule has 1 aliphatic heterocycles. The second-order valence-electron chi connectivity index (χ2n) is 7.06. The number of halogens is 1. The van der Waals surface area contributed by atoms with Crippen LogP contribution in [-0.4, -0.2) is 35.1 Å². The number of carbonyl (C=O) groups excluding carboxylic acids is 2. The van der Waals surface area contributed by atoms with Gasteiger partial charge >= 0.3 is 0 Å². The molecule has 1 fully saturated rings. The van der Waals surface area contributed by atoms with Crippen molar-refractivity contribution in [3.05, 3.63) is 71.3 Å². The normalized spacial score (nSPS) is 15.4. The van der Waals surface area contributed by atoms with Crippen LogP contribution < -0.4 is 11.1 Å². The SMILES string of the molecule is Cl.N=C(N)c1ccc(CNC(=O)[C@@H]2CCCN2C(=O)CCc2ccccc2)cc1. The highest BCUT2D eigenvalue weighted by Crippen LogP contribution is 2.19. The molecule has 3 rings (SSSR count). The monoisotopic (exact) mass is 414 g/mol. The summed E-state index contributed by atoms with van der Waals surface area (Å²) >= 11 is 0. The van der Waals surface area contributed by atoms with Crippen LogP contribution in [0.3, 0.4) is 0 Å². The minimum Gasteiger partial charge on any atom is -0.384 e. The number of hydrogen-bond acceptors (Lipinski definition) is 3. The zero-order valence-corrected chi connectivity index (χ0v) is 17.1. The van der Waals surface area contributed by atoms with Crippen molar-refractivity contribution in [3.63, 3.8) is 0 Å². The average Bonchev–Trinajstić information content (AvgIpc) is 3.21. The maximum atomic E-state index is 12.6. The summed E-state index contributed by atoms with van der Waals surface area (Å²) < 4.78 is 0. The van der Waals surface area contributed by atoms with Gasteiger partial charge < -0.3 is 16.0 Å². The number of benzene rings is 2. The van der Waals surface area contributed by atoms with Gasteiger partial charge in [0.1, 0.15) is 11.9 Å². The molecule has 2 aromatic rings. The van der Waals surface area contributed by atoms with Crippen LogP contribution in [0, 0.1) is 5.41 Å².